The first kappa shape index (κ1) is 17.3. The molecule has 1 aromatic heterocycles. The van der Waals surface area contributed by atoms with Crippen LogP contribution in [0.15, 0.2) is 35.3 Å². The Labute approximate surface area is 143 Å². The van der Waals surface area contributed by atoms with Gasteiger partial charge in [0.25, 0.3) is 11.5 Å². The van der Waals surface area contributed by atoms with Crippen LogP contribution in [0.25, 0.3) is 0 Å². The molecule has 132 valence electrons. The van der Waals surface area contributed by atoms with Crippen molar-refractivity contribution in [3.63, 3.8) is 0 Å². The molecule has 0 aliphatic heterocycles. The molecule has 2 aromatic rings. The molecule has 25 heavy (non-hydrogen) atoms. The number of amides is 1. The van der Waals surface area contributed by atoms with E-state index in [-0.39, 0.29) is 11.2 Å². The SMILES string of the molecule is C[C@](CNC(=O)c1nccc(=O)[nH]1)(Cc1ccc(F)cc1F)C1CC1. The van der Waals surface area contributed by atoms with Gasteiger partial charge in [0, 0.05) is 24.9 Å². The summed E-state index contributed by atoms with van der Waals surface area (Å²) in [6.07, 6.45) is 3.68. The Morgan fingerprint density at radius 3 is 2.76 bits per heavy atom. The second-order valence-corrected chi connectivity index (χ2v) is 6.81. The maximum atomic E-state index is 14.0. The predicted molar refractivity (Wildman–Crippen MR) is 88.1 cm³/mol. The van der Waals surface area contributed by atoms with E-state index in [1.807, 2.05) is 6.92 Å². The lowest BCUT2D eigenvalue weighted by atomic mass is 9.78. The summed E-state index contributed by atoms with van der Waals surface area (Å²) in [5.41, 5.74) is -0.335. The average molecular weight is 347 g/mol. The molecule has 1 aliphatic rings. The highest BCUT2D eigenvalue weighted by molar-refractivity contribution is 5.90. The third-order valence-corrected chi connectivity index (χ3v) is 4.71. The fraction of sp³-hybridized carbons (Fsp3) is 0.389. The third kappa shape index (κ3) is 4.10. The molecule has 3 rings (SSSR count). The molecule has 1 saturated carbocycles. The maximum Gasteiger partial charge on any atom is 0.287 e. The molecule has 5 nitrogen and oxygen atoms in total. The van der Waals surface area contributed by atoms with Crippen LogP contribution in [0.2, 0.25) is 0 Å². The van der Waals surface area contributed by atoms with Crippen molar-refractivity contribution in [2.75, 3.05) is 6.54 Å². The monoisotopic (exact) mass is 347 g/mol. The summed E-state index contributed by atoms with van der Waals surface area (Å²) in [5.74, 6) is -1.36. The Bertz CT molecular complexity index is 848. The summed E-state index contributed by atoms with van der Waals surface area (Å²) in [7, 11) is 0. The van der Waals surface area contributed by atoms with E-state index in [9.17, 15) is 18.4 Å². The molecule has 0 saturated heterocycles. The van der Waals surface area contributed by atoms with E-state index >= 15 is 0 Å². The van der Waals surface area contributed by atoms with Crippen LogP contribution in [-0.4, -0.2) is 22.4 Å². The number of aromatic nitrogens is 2. The number of nitrogens with one attached hydrogen (secondary N) is 2. The lowest BCUT2D eigenvalue weighted by Gasteiger charge is -2.30. The van der Waals surface area contributed by atoms with Crippen LogP contribution in [0.5, 0.6) is 0 Å². The van der Waals surface area contributed by atoms with Crippen LogP contribution in [-0.2, 0) is 6.42 Å². The number of aromatic amines is 1. The fourth-order valence-corrected chi connectivity index (χ4v) is 3.08. The quantitative estimate of drug-likeness (QED) is 0.843. The molecule has 1 aromatic carbocycles. The van der Waals surface area contributed by atoms with E-state index in [2.05, 4.69) is 15.3 Å². The smallest absolute Gasteiger partial charge is 0.287 e. The van der Waals surface area contributed by atoms with Gasteiger partial charge in [-0.25, -0.2) is 13.8 Å². The van der Waals surface area contributed by atoms with Crippen LogP contribution < -0.4 is 10.9 Å². The van der Waals surface area contributed by atoms with Crippen LogP contribution >= 0.6 is 0 Å². The number of rotatable bonds is 6. The fourth-order valence-electron chi connectivity index (χ4n) is 3.08. The standard InChI is InChI=1S/C18H19F2N3O2/c1-18(12-3-4-12,9-11-2-5-13(19)8-14(11)20)10-22-17(25)16-21-7-6-15(24)23-16/h2,5-8,12H,3-4,9-10H2,1H3,(H,22,25)(H,21,23,24)/t18-/m1/s1. The zero-order valence-electron chi connectivity index (χ0n) is 13.8. The molecule has 2 N–H and O–H groups in total. The third-order valence-electron chi connectivity index (χ3n) is 4.71. The van der Waals surface area contributed by atoms with Gasteiger partial charge in [-0.2, -0.15) is 0 Å². The van der Waals surface area contributed by atoms with Crippen molar-refractivity contribution in [1.82, 2.24) is 15.3 Å². The molecule has 1 fully saturated rings. The number of benzene rings is 1. The van der Waals surface area contributed by atoms with Crippen LogP contribution in [0.4, 0.5) is 8.78 Å². The second-order valence-electron chi connectivity index (χ2n) is 6.81. The first-order valence-corrected chi connectivity index (χ1v) is 8.15. The van der Waals surface area contributed by atoms with Gasteiger partial charge in [0.1, 0.15) is 11.6 Å². The summed E-state index contributed by atoms with van der Waals surface area (Å²) in [6, 6.07) is 4.79. The number of H-pyrrole nitrogens is 1. The first-order valence-electron chi connectivity index (χ1n) is 8.15. The summed E-state index contributed by atoms with van der Waals surface area (Å²) in [6.45, 7) is 2.29. The highest BCUT2D eigenvalue weighted by atomic mass is 19.1. The summed E-state index contributed by atoms with van der Waals surface area (Å²) >= 11 is 0. The lowest BCUT2D eigenvalue weighted by Crippen LogP contribution is -2.39. The molecule has 0 spiro atoms. The summed E-state index contributed by atoms with van der Waals surface area (Å²) in [4.78, 5) is 29.7. The van der Waals surface area contributed by atoms with Crippen LogP contribution in [0.1, 0.15) is 35.9 Å². The van der Waals surface area contributed by atoms with Crippen molar-refractivity contribution in [2.24, 2.45) is 11.3 Å². The zero-order valence-corrected chi connectivity index (χ0v) is 13.8. The number of nitrogens with zero attached hydrogens (tertiary/aromatic N) is 1. The molecule has 0 radical (unpaired) electrons. The van der Waals surface area contributed by atoms with Gasteiger partial charge in [0.2, 0.25) is 0 Å². The van der Waals surface area contributed by atoms with E-state index < -0.39 is 23.1 Å². The van der Waals surface area contributed by atoms with E-state index in [0.29, 0.717) is 24.4 Å². The molecule has 0 bridgehead atoms. The molecule has 1 aliphatic carbocycles. The van der Waals surface area contributed by atoms with Crippen molar-refractivity contribution in [1.29, 1.82) is 0 Å². The highest BCUT2D eigenvalue weighted by Gasteiger charge is 2.42. The molecule has 7 heteroatoms. The Balaban J connectivity index is 1.72. The van der Waals surface area contributed by atoms with Crippen molar-refractivity contribution < 1.29 is 13.6 Å². The van der Waals surface area contributed by atoms with Gasteiger partial charge in [-0.05, 0) is 42.2 Å². The van der Waals surface area contributed by atoms with Gasteiger partial charge in [-0.1, -0.05) is 13.0 Å². The van der Waals surface area contributed by atoms with Crippen molar-refractivity contribution in [3.05, 3.63) is 63.8 Å². The van der Waals surface area contributed by atoms with Crippen LogP contribution in [0, 0.1) is 23.0 Å². The van der Waals surface area contributed by atoms with Gasteiger partial charge >= 0.3 is 0 Å². The number of carbonyl (C=O) groups excluding carboxylic acids is 1. The number of carbonyl (C=O) groups is 1. The summed E-state index contributed by atoms with van der Waals surface area (Å²) < 4.78 is 27.1. The maximum absolute atomic E-state index is 14.0. The minimum atomic E-state index is -0.609. The first-order chi connectivity index (χ1) is 11.9. The van der Waals surface area contributed by atoms with Crippen LogP contribution in [0.3, 0.4) is 0 Å². The van der Waals surface area contributed by atoms with Crippen molar-refractivity contribution >= 4 is 5.91 Å². The van der Waals surface area contributed by atoms with E-state index in [0.717, 1.165) is 18.9 Å². The van der Waals surface area contributed by atoms with Crippen molar-refractivity contribution in [2.45, 2.75) is 26.2 Å². The average Bonchev–Trinajstić information content (AvgIpc) is 3.41. The van der Waals surface area contributed by atoms with Crippen molar-refractivity contribution in [3.8, 4) is 0 Å². The minimum Gasteiger partial charge on any atom is -0.349 e. The Hall–Kier alpha value is -2.57. The van der Waals surface area contributed by atoms with Gasteiger partial charge in [0.15, 0.2) is 5.82 Å². The summed E-state index contributed by atoms with van der Waals surface area (Å²) in [5, 5.41) is 2.77. The largest absolute Gasteiger partial charge is 0.349 e. The molecular formula is C18H19F2N3O2. The lowest BCUT2D eigenvalue weighted by molar-refractivity contribution is 0.0915. The topological polar surface area (TPSA) is 74.8 Å². The van der Waals surface area contributed by atoms with Gasteiger partial charge in [-0.3, -0.25) is 9.59 Å². The van der Waals surface area contributed by atoms with Gasteiger partial charge < -0.3 is 10.3 Å². The highest BCUT2D eigenvalue weighted by Crippen LogP contribution is 2.47. The minimum absolute atomic E-state index is 0.0568. The number of halogens is 2. The molecule has 1 amide bonds. The van der Waals surface area contributed by atoms with Gasteiger partial charge in [0.05, 0.1) is 0 Å². The molecule has 1 heterocycles. The second kappa shape index (κ2) is 6.74. The Kier molecular flexibility index (Phi) is 4.65. The number of hydrogen-bond donors (Lipinski definition) is 2. The Morgan fingerprint density at radius 1 is 1.36 bits per heavy atom. The predicted octanol–water partition coefficient (Wildman–Crippen LogP) is 2.44. The molecule has 0 unspecified atom stereocenters. The normalized spacial score (nSPS) is 16.3. The number of hydrogen-bond acceptors (Lipinski definition) is 3. The molecule has 1 atom stereocenters. The van der Waals surface area contributed by atoms with Gasteiger partial charge in [-0.15, -0.1) is 0 Å². The Morgan fingerprint density at radius 2 is 2.12 bits per heavy atom. The van der Waals surface area contributed by atoms with E-state index in [1.54, 1.807) is 0 Å². The van der Waals surface area contributed by atoms with E-state index in [4.69, 9.17) is 0 Å². The molecular weight excluding hydrogens is 328 g/mol. The zero-order chi connectivity index (χ0) is 18.0. The van der Waals surface area contributed by atoms with E-state index in [1.165, 1.54) is 24.4 Å².